The normalized spacial score (nSPS) is 15.7. The van der Waals surface area contributed by atoms with Gasteiger partial charge in [-0.3, -0.25) is 0 Å². The second-order valence-corrected chi connectivity index (χ2v) is 9.04. The molecule has 36 heavy (non-hydrogen) atoms. The van der Waals surface area contributed by atoms with Crippen LogP contribution in [0.4, 0.5) is 26.3 Å². The second kappa shape index (κ2) is 10.8. The molecule has 190 valence electrons. The summed E-state index contributed by atoms with van der Waals surface area (Å²) in [4.78, 5) is 0. The van der Waals surface area contributed by atoms with Crippen molar-refractivity contribution in [3.8, 4) is 16.9 Å². The maximum absolute atomic E-state index is 15.0. The number of allylic oxidation sites excluding steroid dienone is 2. The Bertz CT molecular complexity index is 1310. The molecule has 1 aliphatic rings. The highest BCUT2D eigenvalue weighted by Crippen LogP contribution is 2.38. The lowest BCUT2D eigenvalue weighted by Crippen LogP contribution is -2.09. The minimum atomic E-state index is -1.31. The van der Waals surface area contributed by atoms with Crippen LogP contribution in [-0.4, -0.2) is 6.61 Å². The number of rotatable bonds is 7. The molecule has 7 heteroatoms. The molecule has 3 aromatic carbocycles. The fraction of sp³-hybridized carbons (Fsp3) is 0.310. The molecule has 0 spiro atoms. The molecule has 4 rings (SSSR count). The molecule has 0 bridgehead atoms. The van der Waals surface area contributed by atoms with Gasteiger partial charge in [0.25, 0.3) is 0 Å². The number of hydrogen-bond acceptors (Lipinski definition) is 1. The van der Waals surface area contributed by atoms with Crippen molar-refractivity contribution in [2.24, 2.45) is 5.92 Å². The van der Waals surface area contributed by atoms with Crippen LogP contribution in [0, 0.1) is 47.7 Å². The van der Waals surface area contributed by atoms with Gasteiger partial charge in [-0.05, 0) is 80.7 Å². The molecule has 0 saturated heterocycles. The van der Waals surface area contributed by atoms with E-state index in [1.807, 2.05) is 6.08 Å². The van der Waals surface area contributed by atoms with Crippen molar-refractivity contribution in [3.63, 3.8) is 0 Å². The summed E-state index contributed by atoms with van der Waals surface area (Å²) in [5.74, 6) is -6.68. The molecule has 0 heterocycles. The van der Waals surface area contributed by atoms with E-state index in [1.54, 1.807) is 19.1 Å². The Morgan fingerprint density at radius 2 is 1.39 bits per heavy atom. The maximum Gasteiger partial charge on any atom is 0.201 e. The summed E-state index contributed by atoms with van der Waals surface area (Å²) in [5.41, 5.74) is 0.522. The van der Waals surface area contributed by atoms with Crippen LogP contribution in [0.5, 0.6) is 5.75 Å². The van der Waals surface area contributed by atoms with E-state index in [0.717, 1.165) is 6.07 Å². The van der Waals surface area contributed by atoms with E-state index < -0.39 is 40.5 Å². The van der Waals surface area contributed by atoms with Gasteiger partial charge in [0.2, 0.25) is 5.82 Å². The molecule has 0 fully saturated rings. The molecule has 0 saturated carbocycles. The van der Waals surface area contributed by atoms with Crippen molar-refractivity contribution in [2.75, 3.05) is 6.61 Å². The van der Waals surface area contributed by atoms with Gasteiger partial charge in [-0.2, -0.15) is 4.39 Å². The first-order chi connectivity index (χ1) is 17.2. The van der Waals surface area contributed by atoms with Crippen LogP contribution in [0.3, 0.4) is 0 Å². The Labute approximate surface area is 206 Å². The van der Waals surface area contributed by atoms with Gasteiger partial charge in [0.1, 0.15) is 0 Å². The molecule has 0 aliphatic heterocycles. The third kappa shape index (κ3) is 5.01. The van der Waals surface area contributed by atoms with Crippen molar-refractivity contribution in [3.05, 3.63) is 94.1 Å². The fourth-order valence-corrected chi connectivity index (χ4v) is 4.65. The standard InChI is InChI=1S/C29H26F6O/c1-3-36-23-15-14-22(28(34)29(23)35)21-13-12-20(26(32)27(21)33)18-9-5-17(6-10-18)7-11-19-8-4-16(2)24(30)25(19)31/h4,8-9,12-15,17H,3,5-7,10-11H2,1-2H3. The number of aryl methyl sites for hydroxylation is 2. The lowest BCUT2D eigenvalue weighted by molar-refractivity contribution is 0.314. The van der Waals surface area contributed by atoms with Crippen LogP contribution in [0.2, 0.25) is 0 Å². The number of halogens is 6. The molecule has 0 N–H and O–H groups in total. The second-order valence-electron chi connectivity index (χ2n) is 9.04. The van der Waals surface area contributed by atoms with Crippen molar-refractivity contribution >= 4 is 5.57 Å². The Kier molecular flexibility index (Phi) is 7.76. The molecule has 1 nitrogen and oxygen atoms in total. The van der Waals surface area contributed by atoms with E-state index in [0.29, 0.717) is 43.2 Å². The summed E-state index contributed by atoms with van der Waals surface area (Å²) in [6, 6.07) is 8.11. The summed E-state index contributed by atoms with van der Waals surface area (Å²) in [6.07, 6.45) is 4.61. The van der Waals surface area contributed by atoms with Crippen LogP contribution in [0.1, 0.15) is 49.3 Å². The summed E-state index contributed by atoms with van der Waals surface area (Å²) >= 11 is 0. The average molecular weight is 505 g/mol. The van der Waals surface area contributed by atoms with Crippen molar-refractivity contribution in [1.82, 2.24) is 0 Å². The smallest absolute Gasteiger partial charge is 0.201 e. The molecule has 1 unspecified atom stereocenters. The highest BCUT2D eigenvalue weighted by atomic mass is 19.2. The number of hydrogen-bond donors (Lipinski definition) is 0. The minimum absolute atomic E-state index is 0.0770. The van der Waals surface area contributed by atoms with Gasteiger partial charge >= 0.3 is 0 Å². The zero-order valence-corrected chi connectivity index (χ0v) is 20.0. The lowest BCUT2D eigenvalue weighted by atomic mass is 9.83. The quantitative estimate of drug-likeness (QED) is 0.293. The predicted octanol–water partition coefficient (Wildman–Crippen LogP) is 8.71. The SMILES string of the molecule is CCOc1ccc(-c2ccc(C3=CCC(CCc4ccc(C)c(F)c4F)CC3)c(F)c2F)c(F)c1F. The van der Waals surface area contributed by atoms with Crippen molar-refractivity contribution in [2.45, 2.75) is 46.0 Å². The van der Waals surface area contributed by atoms with E-state index in [2.05, 4.69) is 0 Å². The van der Waals surface area contributed by atoms with E-state index >= 15 is 4.39 Å². The van der Waals surface area contributed by atoms with Crippen LogP contribution in [-0.2, 0) is 6.42 Å². The van der Waals surface area contributed by atoms with Gasteiger partial charge in [-0.25, -0.2) is 22.0 Å². The highest BCUT2D eigenvalue weighted by Gasteiger charge is 2.24. The van der Waals surface area contributed by atoms with Gasteiger partial charge in [0, 0.05) is 16.7 Å². The van der Waals surface area contributed by atoms with E-state index in [9.17, 15) is 22.0 Å². The first-order valence-corrected chi connectivity index (χ1v) is 11.9. The van der Waals surface area contributed by atoms with Crippen LogP contribution in [0.25, 0.3) is 16.7 Å². The first kappa shape index (κ1) is 25.9. The molecular formula is C29H26F6O. The molecule has 0 radical (unpaired) electrons. The summed E-state index contributed by atoms with van der Waals surface area (Å²) in [6.45, 7) is 3.26. The molecule has 1 atom stereocenters. The summed E-state index contributed by atoms with van der Waals surface area (Å²) in [7, 11) is 0. The van der Waals surface area contributed by atoms with Crippen molar-refractivity contribution < 1.29 is 31.1 Å². The monoisotopic (exact) mass is 504 g/mol. The topological polar surface area (TPSA) is 9.23 Å². The first-order valence-electron chi connectivity index (χ1n) is 11.9. The van der Waals surface area contributed by atoms with Gasteiger partial charge in [-0.15, -0.1) is 0 Å². The van der Waals surface area contributed by atoms with Crippen LogP contribution >= 0.6 is 0 Å². The number of benzene rings is 3. The van der Waals surface area contributed by atoms with Crippen LogP contribution in [0.15, 0.2) is 42.5 Å². The molecular weight excluding hydrogens is 478 g/mol. The fourth-order valence-electron chi connectivity index (χ4n) is 4.65. The Hall–Kier alpha value is -3.22. The Morgan fingerprint density at radius 1 is 0.750 bits per heavy atom. The Morgan fingerprint density at radius 3 is 2.06 bits per heavy atom. The van der Waals surface area contributed by atoms with Gasteiger partial charge in [0.05, 0.1) is 6.61 Å². The highest BCUT2D eigenvalue weighted by molar-refractivity contribution is 5.72. The molecule has 0 aromatic heterocycles. The Balaban J connectivity index is 1.49. The van der Waals surface area contributed by atoms with Gasteiger partial charge in [-0.1, -0.05) is 30.3 Å². The maximum atomic E-state index is 15.0. The molecule has 3 aromatic rings. The zero-order valence-electron chi connectivity index (χ0n) is 20.0. The molecule has 1 aliphatic carbocycles. The largest absolute Gasteiger partial charge is 0.491 e. The summed E-state index contributed by atoms with van der Waals surface area (Å²) < 4.78 is 91.7. The third-order valence-corrected chi connectivity index (χ3v) is 6.76. The predicted molar refractivity (Wildman–Crippen MR) is 128 cm³/mol. The van der Waals surface area contributed by atoms with E-state index in [4.69, 9.17) is 4.74 Å². The van der Waals surface area contributed by atoms with Gasteiger partial charge in [0.15, 0.2) is 34.8 Å². The molecule has 0 amide bonds. The lowest BCUT2D eigenvalue weighted by Gasteiger charge is -2.23. The third-order valence-electron chi connectivity index (χ3n) is 6.76. The van der Waals surface area contributed by atoms with Crippen LogP contribution < -0.4 is 4.74 Å². The van der Waals surface area contributed by atoms with E-state index in [1.165, 1.54) is 25.1 Å². The average Bonchev–Trinajstić information content (AvgIpc) is 2.88. The minimum Gasteiger partial charge on any atom is -0.491 e. The van der Waals surface area contributed by atoms with Gasteiger partial charge < -0.3 is 4.74 Å². The zero-order chi connectivity index (χ0) is 26.0. The number of ether oxygens (including phenoxy) is 1. The van der Waals surface area contributed by atoms with Crippen molar-refractivity contribution in [1.29, 1.82) is 0 Å². The summed E-state index contributed by atoms with van der Waals surface area (Å²) in [5, 5.41) is 0. The van der Waals surface area contributed by atoms with E-state index in [-0.39, 0.29) is 35.0 Å².